The van der Waals surface area contributed by atoms with Gasteiger partial charge in [-0.15, -0.1) is 0 Å². The highest BCUT2D eigenvalue weighted by Gasteiger charge is 2.59. The minimum absolute atomic E-state index is 0.0380. The Labute approximate surface area is 174 Å². The van der Waals surface area contributed by atoms with Crippen LogP contribution >= 0.6 is 0 Å². The van der Waals surface area contributed by atoms with E-state index in [0.717, 1.165) is 29.8 Å². The number of piperazine rings is 1. The van der Waals surface area contributed by atoms with Crippen LogP contribution in [0.25, 0.3) is 0 Å². The molecule has 0 radical (unpaired) electrons. The third kappa shape index (κ3) is 2.93. The first-order valence-corrected chi connectivity index (χ1v) is 10.3. The Morgan fingerprint density at radius 3 is 2.60 bits per heavy atom. The minimum Gasteiger partial charge on any atom is -0.353 e. The Bertz CT molecular complexity index is 1040. The fraction of sp³-hybridized carbons (Fsp3) is 0.455. The number of nitrogens with zero attached hydrogens (tertiary/aromatic N) is 5. The molecule has 2 aliphatic heterocycles. The molecule has 1 saturated heterocycles. The maximum absolute atomic E-state index is 14.0. The van der Waals surface area contributed by atoms with Crippen LogP contribution in [-0.2, 0) is 21.5 Å². The van der Waals surface area contributed by atoms with Crippen molar-refractivity contribution in [3.05, 3.63) is 47.2 Å². The number of hydrogen-bond donors (Lipinski definition) is 0. The number of halogens is 1. The van der Waals surface area contributed by atoms with E-state index in [1.54, 1.807) is 24.1 Å². The van der Waals surface area contributed by atoms with E-state index >= 15 is 0 Å². The minimum atomic E-state index is -0.470. The van der Waals surface area contributed by atoms with Gasteiger partial charge in [0.2, 0.25) is 11.8 Å². The van der Waals surface area contributed by atoms with Crippen LogP contribution in [0.3, 0.4) is 0 Å². The Morgan fingerprint density at radius 1 is 1.20 bits per heavy atom. The summed E-state index contributed by atoms with van der Waals surface area (Å²) in [5.74, 6) is 1.21. The van der Waals surface area contributed by atoms with Gasteiger partial charge in [0.1, 0.15) is 17.5 Å². The lowest BCUT2D eigenvalue weighted by Gasteiger charge is -2.36. The van der Waals surface area contributed by atoms with Crippen LogP contribution in [0.5, 0.6) is 0 Å². The standard InChI is InChI=1S/C22H24FN5O2/c1-14-24-12-16(20(25-14)27-9-7-26(8-10-27)15(2)29)13-28-19-11-17(23)3-4-18(19)22(5-6-22)21(28)30/h3-4,11-12H,5-10,13H2,1-2H3. The summed E-state index contributed by atoms with van der Waals surface area (Å²) in [6.07, 6.45) is 3.38. The van der Waals surface area contributed by atoms with E-state index < -0.39 is 5.41 Å². The number of fused-ring (bicyclic) bond motifs is 2. The number of anilines is 2. The first-order chi connectivity index (χ1) is 14.4. The van der Waals surface area contributed by atoms with Gasteiger partial charge in [-0.25, -0.2) is 14.4 Å². The van der Waals surface area contributed by atoms with Crippen molar-refractivity contribution in [3.63, 3.8) is 0 Å². The van der Waals surface area contributed by atoms with Crippen LogP contribution in [0.15, 0.2) is 24.4 Å². The summed E-state index contributed by atoms with van der Waals surface area (Å²) in [6, 6.07) is 4.65. The van der Waals surface area contributed by atoms with Crippen molar-refractivity contribution in [1.29, 1.82) is 0 Å². The number of carbonyl (C=O) groups is 2. The summed E-state index contributed by atoms with van der Waals surface area (Å²) < 4.78 is 14.0. The first kappa shape index (κ1) is 19.0. The Morgan fingerprint density at radius 2 is 1.93 bits per heavy atom. The van der Waals surface area contributed by atoms with Gasteiger partial charge in [-0.05, 0) is 37.5 Å². The van der Waals surface area contributed by atoms with Crippen LogP contribution in [0.1, 0.15) is 36.7 Å². The number of amides is 2. The smallest absolute Gasteiger partial charge is 0.238 e. The van der Waals surface area contributed by atoms with Crippen LogP contribution in [0, 0.1) is 12.7 Å². The fourth-order valence-electron chi connectivity index (χ4n) is 4.65. The molecule has 1 saturated carbocycles. The van der Waals surface area contributed by atoms with Gasteiger partial charge in [0, 0.05) is 44.9 Å². The van der Waals surface area contributed by atoms with Gasteiger partial charge < -0.3 is 14.7 Å². The number of rotatable bonds is 3. The molecule has 0 bridgehead atoms. The van der Waals surface area contributed by atoms with Crippen molar-refractivity contribution >= 4 is 23.3 Å². The van der Waals surface area contributed by atoms with Gasteiger partial charge in [0.15, 0.2) is 0 Å². The lowest BCUT2D eigenvalue weighted by atomic mass is 9.98. The fourth-order valence-corrected chi connectivity index (χ4v) is 4.65. The van der Waals surface area contributed by atoms with Crippen LogP contribution in [0.2, 0.25) is 0 Å². The van der Waals surface area contributed by atoms with Gasteiger partial charge in [0.05, 0.1) is 17.6 Å². The average molecular weight is 409 g/mol. The predicted octanol–water partition coefficient (Wildman–Crippen LogP) is 2.17. The molecule has 2 aromatic rings. The van der Waals surface area contributed by atoms with Gasteiger partial charge in [0.25, 0.3) is 0 Å². The summed E-state index contributed by atoms with van der Waals surface area (Å²) in [4.78, 5) is 39.6. The van der Waals surface area contributed by atoms with Crippen LogP contribution in [-0.4, -0.2) is 52.9 Å². The summed E-state index contributed by atoms with van der Waals surface area (Å²) in [5, 5.41) is 0. The lowest BCUT2D eigenvalue weighted by Crippen LogP contribution is -2.48. The van der Waals surface area contributed by atoms with E-state index in [2.05, 4.69) is 14.9 Å². The normalized spacial score (nSPS) is 19.4. The van der Waals surface area contributed by atoms with Crippen LogP contribution < -0.4 is 9.80 Å². The van der Waals surface area contributed by atoms with E-state index in [1.165, 1.54) is 12.1 Å². The van der Waals surface area contributed by atoms with E-state index in [-0.39, 0.29) is 17.6 Å². The third-order valence-electron chi connectivity index (χ3n) is 6.49. The summed E-state index contributed by atoms with van der Waals surface area (Å²) >= 11 is 0. The lowest BCUT2D eigenvalue weighted by molar-refractivity contribution is -0.129. The van der Waals surface area contributed by atoms with E-state index in [9.17, 15) is 14.0 Å². The molecule has 0 atom stereocenters. The van der Waals surface area contributed by atoms with Crippen molar-refractivity contribution in [2.75, 3.05) is 36.0 Å². The molecule has 0 unspecified atom stereocenters. The number of carbonyl (C=O) groups excluding carboxylic acids is 2. The molecule has 1 spiro atoms. The maximum atomic E-state index is 14.0. The average Bonchev–Trinajstić information content (AvgIpc) is 3.50. The van der Waals surface area contributed by atoms with Gasteiger partial charge in [-0.2, -0.15) is 0 Å². The van der Waals surface area contributed by atoms with E-state index in [4.69, 9.17) is 0 Å². The molecule has 1 aromatic carbocycles. The molecule has 1 aromatic heterocycles. The highest BCUT2D eigenvalue weighted by Crippen LogP contribution is 2.57. The predicted molar refractivity (Wildman–Crippen MR) is 110 cm³/mol. The molecule has 1 aliphatic carbocycles. The highest BCUT2D eigenvalue weighted by molar-refractivity contribution is 6.10. The number of aryl methyl sites for hydroxylation is 1. The zero-order valence-corrected chi connectivity index (χ0v) is 17.2. The monoisotopic (exact) mass is 409 g/mol. The zero-order chi connectivity index (χ0) is 21.0. The highest BCUT2D eigenvalue weighted by atomic mass is 19.1. The van der Waals surface area contributed by atoms with E-state index in [0.29, 0.717) is 44.2 Å². The van der Waals surface area contributed by atoms with Crippen LogP contribution in [0.4, 0.5) is 15.9 Å². The molecule has 7 nitrogen and oxygen atoms in total. The third-order valence-corrected chi connectivity index (χ3v) is 6.49. The second-order valence-electron chi connectivity index (χ2n) is 8.39. The van der Waals surface area contributed by atoms with Crippen molar-refractivity contribution in [2.24, 2.45) is 0 Å². The summed E-state index contributed by atoms with van der Waals surface area (Å²) in [5.41, 5.74) is 1.95. The van der Waals surface area contributed by atoms with Crippen molar-refractivity contribution in [1.82, 2.24) is 14.9 Å². The van der Waals surface area contributed by atoms with Gasteiger partial charge >= 0.3 is 0 Å². The number of aromatic nitrogens is 2. The molecule has 2 fully saturated rings. The second kappa shape index (κ2) is 6.75. The largest absolute Gasteiger partial charge is 0.353 e. The number of benzene rings is 1. The molecule has 8 heteroatoms. The van der Waals surface area contributed by atoms with Crippen molar-refractivity contribution < 1.29 is 14.0 Å². The van der Waals surface area contributed by atoms with Crippen molar-refractivity contribution in [2.45, 2.75) is 38.6 Å². The Hall–Kier alpha value is -3.03. The number of hydrogen-bond acceptors (Lipinski definition) is 5. The molecule has 5 rings (SSSR count). The quantitative estimate of drug-likeness (QED) is 0.777. The summed E-state index contributed by atoms with van der Waals surface area (Å²) in [7, 11) is 0. The van der Waals surface area contributed by atoms with Gasteiger partial charge in [-0.1, -0.05) is 6.07 Å². The van der Waals surface area contributed by atoms with E-state index in [1.807, 2.05) is 11.8 Å². The first-order valence-electron chi connectivity index (χ1n) is 10.3. The Kier molecular flexibility index (Phi) is 4.27. The summed E-state index contributed by atoms with van der Waals surface area (Å²) in [6.45, 7) is 6.34. The molecule has 0 N–H and O–H groups in total. The SMILES string of the molecule is CC(=O)N1CCN(c2nc(C)ncc2CN2C(=O)C3(CC3)c3ccc(F)cc32)CC1. The molecule has 30 heavy (non-hydrogen) atoms. The van der Waals surface area contributed by atoms with Crippen molar-refractivity contribution in [3.8, 4) is 0 Å². The molecule has 3 aliphatic rings. The molecular formula is C22H24FN5O2. The molecular weight excluding hydrogens is 385 g/mol. The topological polar surface area (TPSA) is 69.6 Å². The molecule has 156 valence electrons. The molecule has 2 amide bonds. The Balaban J connectivity index is 1.46. The molecule has 3 heterocycles. The maximum Gasteiger partial charge on any atom is 0.238 e. The second-order valence-corrected chi connectivity index (χ2v) is 8.39. The van der Waals surface area contributed by atoms with Gasteiger partial charge in [-0.3, -0.25) is 9.59 Å². The zero-order valence-electron chi connectivity index (χ0n) is 17.2.